The van der Waals surface area contributed by atoms with Gasteiger partial charge in [-0.1, -0.05) is 0 Å². The van der Waals surface area contributed by atoms with Crippen LogP contribution in [0, 0.1) is 0 Å². The van der Waals surface area contributed by atoms with Gasteiger partial charge < -0.3 is 5.11 Å². The van der Waals surface area contributed by atoms with E-state index >= 15 is 0 Å². The number of aromatic nitrogens is 2. The Kier molecular flexibility index (Phi) is 4.12. The maximum absolute atomic E-state index is 14.1. The maximum atomic E-state index is 14.1. The van der Waals surface area contributed by atoms with Crippen LogP contribution >= 0.6 is 0 Å². The highest BCUT2D eigenvalue weighted by Gasteiger charge is 2.30. The highest BCUT2D eigenvalue weighted by atomic mass is 19.1. The third-order valence-corrected chi connectivity index (χ3v) is 2.72. The van der Waals surface area contributed by atoms with E-state index in [0.29, 0.717) is 5.56 Å². The molecule has 0 aliphatic rings. The van der Waals surface area contributed by atoms with Gasteiger partial charge in [-0.05, 0) is 34.6 Å². The molecule has 1 amide bonds. The second-order valence-corrected chi connectivity index (χ2v) is 5.91. The van der Waals surface area contributed by atoms with Crippen molar-refractivity contribution in [3.63, 3.8) is 0 Å². The Morgan fingerprint density at radius 2 is 1.95 bits per heavy atom. The van der Waals surface area contributed by atoms with Gasteiger partial charge in [-0.15, -0.1) is 0 Å². The van der Waals surface area contributed by atoms with Crippen LogP contribution in [-0.4, -0.2) is 31.6 Å². The second-order valence-electron chi connectivity index (χ2n) is 5.91. The van der Waals surface area contributed by atoms with Crippen LogP contribution in [0.25, 0.3) is 0 Å². The highest BCUT2D eigenvalue weighted by Crippen LogP contribution is 2.27. The summed E-state index contributed by atoms with van der Waals surface area (Å²) in [6.45, 7) is 8.19. The number of amides is 1. The first kappa shape index (κ1) is 15.3. The fourth-order valence-electron chi connectivity index (χ4n) is 1.77. The molecule has 1 heterocycles. The zero-order valence-corrected chi connectivity index (χ0v) is 11.9. The SMILES string of the molecule is CC(C)(F)c1ncncc1CN(C(=O)O)C(C)(C)C. The molecule has 106 valence electrons. The molecule has 6 heteroatoms. The third-order valence-electron chi connectivity index (χ3n) is 2.72. The number of nitrogens with zero attached hydrogens (tertiary/aromatic N) is 3. The normalized spacial score (nSPS) is 12.3. The van der Waals surface area contributed by atoms with E-state index < -0.39 is 17.3 Å². The molecule has 0 saturated carbocycles. The summed E-state index contributed by atoms with van der Waals surface area (Å²) in [4.78, 5) is 20.3. The van der Waals surface area contributed by atoms with Crippen LogP contribution in [-0.2, 0) is 12.2 Å². The molecule has 0 radical (unpaired) electrons. The number of carbonyl (C=O) groups is 1. The molecule has 0 fully saturated rings. The second kappa shape index (κ2) is 5.11. The average molecular weight is 269 g/mol. The summed E-state index contributed by atoms with van der Waals surface area (Å²) in [5, 5.41) is 9.26. The van der Waals surface area contributed by atoms with E-state index in [1.807, 2.05) is 0 Å². The quantitative estimate of drug-likeness (QED) is 0.916. The third kappa shape index (κ3) is 3.87. The molecule has 0 spiro atoms. The molecule has 1 aromatic heterocycles. The van der Waals surface area contributed by atoms with E-state index in [-0.39, 0.29) is 12.2 Å². The van der Waals surface area contributed by atoms with Gasteiger partial charge in [0.25, 0.3) is 0 Å². The molecule has 0 unspecified atom stereocenters. The van der Waals surface area contributed by atoms with Crippen molar-refractivity contribution in [2.75, 3.05) is 0 Å². The standard InChI is InChI=1S/C13H20FN3O2/c1-12(2,3)17(11(18)19)7-9-6-15-8-16-10(9)13(4,5)14/h6,8H,7H2,1-5H3,(H,18,19). The van der Waals surface area contributed by atoms with E-state index in [4.69, 9.17) is 0 Å². The van der Waals surface area contributed by atoms with Crippen molar-refractivity contribution in [3.05, 3.63) is 23.8 Å². The molecular weight excluding hydrogens is 249 g/mol. The molecule has 0 bridgehead atoms. The van der Waals surface area contributed by atoms with Crippen LogP contribution in [0.5, 0.6) is 0 Å². The van der Waals surface area contributed by atoms with Crippen molar-refractivity contribution in [2.45, 2.75) is 52.4 Å². The Morgan fingerprint density at radius 3 is 2.37 bits per heavy atom. The summed E-state index contributed by atoms with van der Waals surface area (Å²) in [5.74, 6) is 0. The Bertz CT molecular complexity index is 464. The van der Waals surface area contributed by atoms with Gasteiger partial charge in [-0.2, -0.15) is 0 Å². The largest absolute Gasteiger partial charge is 0.465 e. The van der Waals surface area contributed by atoms with Crippen molar-refractivity contribution in [3.8, 4) is 0 Å². The number of carboxylic acid groups (broad SMARTS) is 1. The minimum Gasteiger partial charge on any atom is -0.465 e. The van der Waals surface area contributed by atoms with Crippen LogP contribution in [0.3, 0.4) is 0 Å². The number of rotatable bonds is 3. The van der Waals surface area contributed by atoms with Gasteiger partial charge in [0, 0.05) is 17.3 Å². The fraction of sp³-hybridized carbons (Fsp3) is 0.615. The predicted molar refractivity (Wildman–Crippen MR) is 69.5 cm³/mol. The first-order valence-corrected chi connectivity index (χ1v) is 6.02. The minimum absolute atomic E-state index is 0.0579. The summed E-state index contributed by atoms with van der Waals surface area (Å²) in [6.07, 6.45) is 1.67. The molecule has 0 saturated heterocycles. The van der Waals surface area contributed by atoms with Crippen molar-refractivity contribution >= 4 is 6.09 Å². The van der Waals surface area contributed by atoms with E-state index in [1.165, 1.54) is 31.3 Å². The monoisotopic (exact) mass is 269 g/mol. The van der Waals surface area contributed by atoms with Crippen LogP contribution in [0.2, 0.25) is 0 Å². The molecular formula is C13H20FN3O2. The number of hydrogen-bond acceptors (Lipinski definition) is 3. The Hall–Kier alpha value is -1.72. The highest BCUT2D eigenvalue weighted by molar-refractivity contribution is 5.66. The van der Waals surface area contributed by atoms with Gasteiger partial charge in [0.15, 0.2) is 0 Å². The molecule has 0 aliphatic heterocycles. The van der Waals surface area contributed by atoms with Crippen molar-refractivity contribution in [1.29, 1.82) is 0 Å². The van der Waals surface area contributed by atoms with Crippen molar-refractivity contribution < 1.29 is 14.3 Å². The van der Waals surface area contributed by atoms with Crippen LogP contribution < -0.4 is 0 Å². The van der Waals surface area contributed by atoms with Gasteiger partial charge in [-0.25, -0.2) is 19.2 Å². The van der Waals surface area contributed by atoms with E-state index in [9.17, 15) is 14.3 Å². The maximum Gasteiger partial charge on any atom is 0.408 e. The first-order valence-electron chi connectivity index (χ1n) is 6.02. The van der Waals surface area contributed by atoms with Gasteiger partial charge >= 0.3 is 6.09 Å². The topological polar surface area (TPSA) is 66.3 Å². The molecule has 0 aromatic carbocycles. The number of alkyl halides is 1. The van der Waals surface area contributed by atoms with Crippen molar-refractivity contribution in [2.24, 2.45) is 0 Å². The molecule has 0 atom stereocenters. The zero-order chi connectivity index (χ0) is 14.8. The lowest BCUT2D eigenvalue weighted by Crippen LogP contribution is -2.44. The Labute approximate surface area is 112 Å². The van der Waals surface area contributed by atoms with Gasteiger partial charge in [0.2, 0.25) is 0 Å². The summed E-state index contributed by atoms with van der Waals surface area (Å²) >= 11 is 0. The van der Waals surface area contributed by atoms with Gasteiger partial charge in [-0.3, -0.25) is 4.90 Å². The van der Waals surface area contributed by atoms with E-state index in [0.717, 1.165) is 0 Å². The zero-order valence-electron chi connectivity index (χ0n) is 11.9. The minimum atomic E-state index is -1.64. The van der Waals surface area contributed by atoms with Crippen molar-refractivity contribution in [1.82, 2.24) is 14.9 Å². The summed E-state index contributed by atoms with van der Waals surface area (Å²) in [7, 11) is 0. The number of hydrogen-bond donors (Lipinski definition) is 1. The van der Waals surface area contributed by atoms with Crippen LogP contribution in [0.1, 0.15) is 45.9 Å². The molecule has 1 rings (SSSR count). The van der Waals surface area contributed by atoms with Crippen LogP contribution in [0.15, 0.2) is 12.5 Å². The van der Waals surface area contributed by atoms with Gasteiger partial charge in [0.05, 0.1) is 12.2 Å². The van der Waals surface area contributed by atoms with E-state index in [2.05, 4.69) is 9.97 Å². The summed E-state index contributed by atoms with van der Waals surface area (Å²) < 4.78 is 14.1. The Morgan fingerprint density at radius 1 is 1.37 bits per heavy atom. The average Bonchev–Trinajstić information content (AvgIpc) is 2.23. The lowest BCUT2D eigenvalue weighted by atomic mass is 10.00. The van der Waals surface area contributed by atoms with Gasteiger partial charge in [0.1, 0.15) is 12.0 Å². The smallest absolute Gasteiger partial charge is 0.408 e. The Balaban J connectivity index is 3.15. The molecule has 1 N–H and O–H groups in total. The van der Waals surface area contributed by atoms with Crippen LogP contribution in [0.4, 0.5) is 9.18 Å². The predicted octanol–water partition coefficient (Wildman–Crippen LogP) is 2.96. The number of halogens is 1. The fourth-order valence-corrected chi connectivity index (χ4v) is 1.77. The molecule has 0 aliphatic carbocycles. The lowest BCUT2D eigenvalue weighted by Gasteiger charge is -2.34. The first-order chi connectivity index (χ1) is 8.53. The lowest BCUT2D eigenvalue weighted by molar-refractivity contribution is 0.0940. The van der Waals surface area contributed by atoms with E-state index in [1.54, 1.807) is 20.8 Å². The summed E-state index contributed by atoms with van der Waals surface area (Å²) in [6, 6.07) is 0. The summed E-state index contributed by atoms with van der Waals surface area (Å²) in [5.41, 5.74) is -1.52. The molecule has 5 nitrogen and oxygen atoms in total. The molecule has 19 heavy (non-hydrogen) atoms. The molecule has 1 aromatic rings.